The third-order valence-corrected chi connectivity index (χ3v) is 4.14. The van der Waals surface area contributed by atoms with Crippen molar-refractivity contribution in [1.82, 2.24) is 10.4 Å². The van der Waals surface area contributed by atoms with Gasteiger partial charge >= 0.3 is 0 Å². The van der Waals surface area contributed by atoms with Crippen molar-refractivity contribution in [2.75, 3.05) is 0 Å². The summed E-state index contributed by atoms with van der Waals surface area (Å²) in [6.07, 6.45) is 8.75. The van der Waals surface area contributed by atoms with E-state index in [0.29, 0.717) is 0 Å². The van der Waals surface area contributed by atoms with E-state index >= 15 is 0 Å². The molecule has 2 rings (SSSR count). The van der Waals surface area contributed by atoms with Crippen LogP contribution in [-0.2, 0) is 0 Å². The van der Waals surface area contributed by atoms with E-state index in [0.717, 1.165) is 24.8 Å². The van der Waals surface area contributed by atoms with Crippen LogP contribution in [0.5, 0.6) is 0 Å². The summed E-state index contributed by atoms with van der Waals surface area (Å²) < 4.78 is 13.2. The second-order valence-electron chi connectivity index (χ2n) is 4.96. The molecular weight excluding hydrogens is 217 g/mol. The fourth-order valence-electron chi connectivity index (χ4n) is 3.14. The summed E-state index contributed by atoms with van der Waals surface area (Å²) in [5, 5.41) is 0. The number of hydrogen-bond acceptors (Lipinski definition) is 3. The quantitative estimate of drug-likeness (QED) is 0.625. The standard InChI is InChI=1S/C13H20FN3/c1-2-13(5-3-4-6-13)12(17-15)10-7-11(14)9-16-8-10/h7-9,12,17H,2-6,15H2,1H3. The van der Waals surface area contributed by atoms with Crippen molar-refractivity contribution in [3.8, 4) is 0 Å². The minimum atomic E-state index is -0.299. The van der Waals surface area contributed by atoms with E-state index in [2.05, 4.69) is 17.3 Å². The molecule has 0 radical (unpaired) electrons. The zero-order valence-corrected chi connectivity index (χ0v) is 10.2. The van der Waals surface area contributed by atoms with Gasteiger partial charge in [0.25, 0.3) is 0 Å². The number of halogens is 1. The van der Waals surface area contributed by atoms with Crippen LogP contribution in [0.25, 0.3) is 0 Å². The first kappa shape index (κ1) is 12.5. The molecule has 0 saturated heterocycles. The summed E-state index contributed by atoms with van der Waals surface area (Å²) in [5.74, 6) is 5.40. The van der Waals surface area contributed by atoms with Gasteiger partial charge in [-0.15, -0.1) is 0 Å². The number of pyridine rings is 1. The second-order valence-corrected chi connectivity index (χ2v) is 4.96. The zero-order chi connectivity index (χ0) is 12.3. The molecule has 94 valence electrons. The van der Waals surface area contributed by atoms with Gasteiger partial charge in [0.2, 0.25) is 0 Å². The number of aromatic nitrogens is 1. The zero-order valence-electron chi connectivity index (χ0n) is 10.2. The minimum Gasteiger partial charge on any atom is -0.271 e. The molecule has 1 fully saturated rings. The molecule has 1 aromatic rings. The SMILES string of the molecule is CCC1(C(NN)c2cncc(F)c2)CCCC1. The van der Waals surface area contributed by atoms with Crippen molar-refractivity contribution in [3.05, 3.63) is 29.8 Å². The predicted molar refractivity (Wildman–Crippen MR) is 65.5 cm³/mol. The summed E-state index contributed by atoms with van der Waals surface area (Å²) in [6.45, 7) is 2.18. The molecule has 1 aliphatic rings. The molecule has 3 N–H and O–H groups in total. The van der Waals surface area contributed by atoms with Crippen LogP contribution in [0.15, 0.2) is 18.5 Å². The smallest absolute Gasteiger partial charge is 0.141 e. The lowest BCUT2D eigenvalue weighted by Crippen LogP contribution is -2.40. The van der Waals surface area contributed by atoms with Crippen LogP contribution in [0.3, 0.4) is 0 Å². The number of hydrogen-bond donors (Lipinski definition) is 2. The van der Waals surface area contributed by atoms with Crippen molar-refractivity contribution in [3.63, 3.8) is 0 Å². The summed E-state index contributed by atoms with van der Waals surface area (Å²) in [7, 11) is 0. The van der Waals surface area contributed by atoms with Crippen LogP contribution in [0, 0.1) is 11.2 Å². The topological polar surface area (TPSA) is 50.9 Å². The van der Waals surface area contributed by atoms with Gasteiger partial charge in [0.05, 0.1) is 12.2 Å². The van der Waals surface area contributed by atoms with E-state index in [1.807, 2.05) is 0 Å². The van der Waals surface area contributed by atoms with Gasteiger partial charge in [-0.05, 0) is 36.3 Å². The Balaban J connectivity index is 2.32. The number of rotatable bonds is 4. The lowest BCUT2D eigenvalue weighted by molar-refractivity contribution is 0.187. The first-order valence-corrected chi connectivity index (χ1v) is 6.28. The van der Waals surface area contributed by atoms with E-state index < -0.39 is 0 Å². The molecule has 0 aliphatic heterocycles. The molecule has 1 heterocycles. The Hall–Kier alpha value is -1.00. The first-order valence-electron chi connectivity index (χ1n) is 6.28. The van der Waals surface area contributed by atoms with Gasteiger partial charge in [-0.2, -0.15) is 0 Å². The molecule has 0 amide bonds. The Labute approximate surface area is 102 Å². The highest BCUT2D eigenvalue weighted by molar-refractivity contribution is 5.19. The highest BCUT2D eigenvalue weighted by atomic mass is 19.1. The van der Waals surface area contributed by atoms with Crippen LogP contribution < -0.4 is 11.3 Å². The van der Waals surface area contributed by atoms with E-state index in [9.17, 15) is 4.39 Å². The Morgan fingerprint density at radius 3 is 2.71 bits per heavy atom. The van der Waals surface area contributed by atoms with Gasteiger partial charge in [0.1, 0.15) is 5.82 Å². The molecule has 0 aromatic carbocycles. The number of nitrogens with one attached hydrogen (secondary N) is 1. The second kappa shape index (κ2) is 5.10. The maximum atomic E-state index is 13.2. The van der Waals surface area contributed by atoms with Crippen LogP contribution in [0.1, 0.15) is 50.6 Å². The Morgan fingerprint density at radius 1 is 1.47 bits per heavy atom. The molecule has 0 bridgehead atoms. The van der Waals surface area contributed by atoms with E-state index in [4.69, 9.17) is 5.84 Å². The van der Waals surface area contributed by atoms with Gasteiger partial charge in [-0.3, -0.25) is 16.3 Å². The molecule has 1 aliphatic carbocycles. The maximum Gasteiger partial charge on any atom is 0.141 e. The molecule has 1 aromatic heterocycles. The monoisotopic (exact) mass is 237 g/mol. The minimum absolute atomic E-state index is 0.00167. The number of hydrazine groups is 1. The summed E-state index contributed by atoms with van der Waals surface area (Å²) >= 11 is 0. The maximum absolute atomic E-state index is 13.2. The van der Waals surface area contributed by atoms with Crippen LogP contribution in [-0.4, -0.2) is 4.98 Å². The average molecular weight is 237 g/mol. The van der Waals surface area contributed by atoms with Crippen molar-refractivity contribution in [2.45, 2.75) is 45.1 Å². The fraction of sp³-hybridized carbons (Fsp3) is 0.615. The fourth-order valence-corrected chi connectivity index (χ4v) is 3.14. The third-order valence-electron chi connectivity index (χ3n) is 4.14. The summed E-state index contributed by atoms with van der Waals surface area (Å²) in [6, 6.07) is 1.53. The summed E-state index contributed by atoms with van der Waals surface area (Å²) in [5.41, 5.74) is 3.89. The van der Waals surface area contributed by atoms with Crippen LogP contribution in [0.4, 0.5) is 4.39 Å². The Morgan fingerprint density at radius 2 is 2.18 bits per heavy atom. The molecule has 3 nitrogen and oxygen atoms in total. The Kier molecular flexibility index (Phi) is 3.74. The van der Waals surface area contributed by atoms with Crippen molar-refractivity contribution < 1.29 is 4.39 Å². The lowest BCUT2D eigenvalue weighted by atomic mass is 9.74. The van der Waals surface area contributed by atoms with Gasteiger partial charge < -0.3 is 0 Å². The lowest BCUT2D eigenvalue weighted by Gasteiger charge is -2.36. The van der Waals surface area contributed by atoms with Crippen molar-refractivity contribution >= 4 is 0 Å². The number of nitrogens with two attached hydrogens (primary N) is 1. The van der Waals surface area contributed by atoms with Gasteiger partial charge in [-0.25, -0.2) is 4.39 Å². The van der Waals surface area contributed by atoms with Gasteiger partial charge in [0, 0.05) is 6.20 Å². The molecule has 17 heavy (non-hydrogen) atoms. The van der Waals surface area contributed by atoms with E-state index in [-0.39, 0.29) is 17.3 Å². The van der Waals surface area contributed by atoms with E-state index in [1.54, 1.807) is 6.20 Å². The predicted octanol–water partition coefficient (Wildman–Crippen LogP) is 2.70. The molecular formula is C13H20FN3. The Bertz CT molecular complexity index is 375. The van der Waals surface area contributed by atoms with E-state index in [1.165, 1.54) is 25.1 Å². The molecule has 0 spiro atoms. The molecule has 1 atom stereocenters. The molecule has 1 saturated carbocycles. The molecule has 1 unspecified atom stereocenters. The largest absolute Gasteiger partial charge is 0.271 e. The first-order chi connectivity index (χ1) is 8.22. The normalized spacial score (nSPS) is 20.4. The van der Waals surface area contributed by atoms with Crippen LogP contribution >= 0.6 is 0 Å². The average Bonchev–Trinajstić information content (AvgIpc) is 2.80. The number of nitrogens with zero attached hydrogens (tertiary/aromatic N) is 1. The third kappa shape index (κ3) is 2.33. The van der Waals surface area contributed by atoms with Gasteiger partial charge in [0.15, 0.2) is 0 Å². The van der Waals surface area contributed by atoms with Crippen molar-refractivity contribution in [1.29, 1.82) is 0 Å². The molecule has 4 heteroatoms. The van der Waals surface area contributed by atoms with Crippen LogP contribution in [0.2, 0.25) is 0 Å². The highest BCUT2D eigenvalue weighted by Crippen LogP contribution is 2.49. The van der Waals surface area contributed by atoms with Crippen molar-refractivity contribution in [2.24, 2.45) is 11.3 Å². The summed E-state index contributed by atoms with van der Waals surface area (Å²) in [4.78, 5) is 3.92. The van der Waals surface area contributed by atoms with Gasteiger partial charge in [-0.1, -0.05) is 19.8 Å². The highest BCUT2D eigenvalue weighted by Gasteiger charge is 2.40.